The van der Waals surface area contributed by atoms with Gasteiger partial charge in [-0.05, 0) is 43.5 Å². The monoisotopic (exact) mass is 566 g/mol. The number of nitrogens with one attached hydrogen (secondary N) is 2. The van der Waals surface area contributed by atoms with E-state index in [1.54, 1.807) is 20.8 Å². The van der Waals surface area contributed by atoms with E-state index in [9.17, 15) is 19.2 Å². The third-order valence-electron chi connectivity index (χ3n) is 5.47. The zero-order chi connectivity index (χ0) is 29.1. The molecule has 1 heterocycles. The summed E-state index contributed by atoms with van der Waals surface area (Å²) in [6.45, 7) is 6.39. The summed E-state index contributed by atoms with van der Waals surface area (Å²) in [6, 6.07) is 17.8. The van der Waals surface area contributed by atoms with Crippen molar-refractivity contribution in [2.45, 2.75) is 58.7 Å². The van der Waals surface area contributed by atoms with Crippen LogP contribution in [0.3, 0.4) is 0 Å². The van der Waals surface area contributed by atoms with Gasteiger partial charge in [-0.3, -0.25) is 19.7 Å². The van der Waals surface area contributed by atoms with Crippen LogP contribution in [0.4, 0.5) is 5.95 Å². The van der Waals surface area contributed by atoms with Crippen molar-refractivity contribution < 1.29 is 23.9 Å². The molecule has 2 atom stereocenters. The molecule has 2 amide bonds. The van der Waals surface area contributed by atoms with Crippen LogP contribution in [0, 0.1) is 5.92 Å². The Morgan fingerprint density at radius 1 is 0.950 bits per heavy atom. The fourth-order valence-corrected chi connectivity index (χ4v) is 4.41. The highest BCUT2D eigenvalue weighted by Gasteiger charge is 2.27. The number of hydrogen-bond acceptors (Lipinski definition) is 9. The molecule has 3 aromatic rings. The second-order valence-electron chi connectivity index (χ2n) is 10.2. The number of hydrogen-bond donors (Lipinski definition) is 2. The van der Waals surface area contributed by atoms with Crippen LogP contribution in [0.25, 0.3) is 0 Å². The van der Waals surface area contributed by atoms with Crippen LogP contribution in [0.15, 0.2) is 60.7 Å². The Kier molecular flexibility index (Phi) is 10.9. The maximum atomic E-state index is 13.0. The number of aromatic nitrogens is 4. The van der Waals surface area contributed by atoms with Crippen molar-refractivity contribution in [1.29, 1.82) is 0 Å². The predicted molar refractivity (Wildman–Crippen MR) is 151 cm³/mol. The molecule has 0 aliphatic heterocycles. The van der Waals surface area contributed by atoms with E-state index in [-0.39, 0.29) is 29.9 Å². The number of esters is 1. The average Bonchev–Trinajstić information content (AvgIpc) is 3.32. The van der Waals surface area contributed by atoms with Gasteiger partial charge in [0.2, 0.25) is 11.8 Å². The number of benzene rings is 2. The third kappa shape index (κ3) is 10.6. The van der Waals surface area contributed by atoms with E-state index in [1.165, 1.54) is 6.92 Å². The molecule has 0 aliphatic rings. The summed E-state index contributed by atoms with van der Waals surface area (Å²) >= 11 is 1.07. The fourth-order valence-electron chi connectivity index (χ4n) is 3.70. The molecule has 3 rings (SSSR count). The molecule has 0 unspecified atom stereocenters. The van der Waals surface area contributed by atoms with Crippen LogP contribution in [-0.4, -0.2) is 60.5 Å². The van der Waals surface area contributed by atoms with Gasteiger partial charge in [0.15, 0.2) is 5.12 Å². The van der Waals surface area contributed by atoms with Crippen molar-refractivity contribution in [3.05, 3.63) is 71.8 Å². The Morgan fingerprint density at radius 3 is 2.12 bits per heavy atom. The molecule has 0 saturated heterocycles. The second kappa shape index (κ2) is 14.4. The molecule has 0 aliphatic carbocycles. The van der Waals surface area contributed by atoms with Crippen LogP contribution >= 0.6 is 11.8 Å². The minimum Gasteiger partial charge on any atom is -0.458 e. The molecule has 11 nitrogen and oxygen atoms in total. The molecule has 1 aromatic heterocycles. The van der Waals surface area contributed by atoms with Gasteiger partial charge in [0.1, 0.15) is 18.2 Å². The zero-order valence-corrected chi connectivity index (χ0v) is 23.8. The van der Waals surface area contributed by atoms with E-state index in [0.29, 0.717) is 12.2 Å². The van der Waals surface area contributed by atoms with Crippen molar-refractivity contribution in [3.63, 3.8) is 0 Å². The maximum absolute atomic E-state index is 13.0. The molecule has 12 heteroatoms. The number of thioether (sulfide) groups is 1. The predicted octanol–water partition coefficient (Wildman–Crippen LogP) is 2.82. The van der Waals surface area contributed by atoms with Gasteiger partial charge in [0.25, 0.3) is 5.95 Å². The van der Waals surface area contributed by atoms with E-state index in [1.807, 2.05) is 60.7 Å². The smallest absolute Gasteiger partial charge is 0.329 e. The third-order valence-corrected chi connectivity index (χ3v) is 6.44. The molecule has 0 saturated carbocycles. The van der Waals surface area contributed by atoms with Crippen molar-refractivity contribution in [3.8, 4) is 0 Å². The van der Waals surface area contributed by atoms with Gasteiger partial charge >= 0.3 is 5.97 Å². The molecule has 0 bridgehead atoms. The van der Waals surface area contributed by atoms with Crippen LogP contribution in [0.2, 0.25) is 0 Å². The standard InChI is InChI=1S/C28H34N6O5S/c1-19(35)40-18-22(15-20-11-7-5-8-12-20)25(37)30-27-31-33-34(32-27)17-24(36)29-23(26(38)39-28(2,3)4)16-21-13-9-6-10-14-21/h5-14,22-23H,15-18H2,1-4H3,(H,29,36)(H,30,32,37)/t22-,23+/m1/s1. The number of amides is 2. The average molecular weight is 567 g/mol. The molecule has 0 radical (unpaired) electrons. The normalized spacial score (nSPS) is 12.7. The Labute approximate surface area is 237 Å². The van der Waals surface area contributed by atoms with Gasteiger partial charge in [-0.2, -0.15) is 4.80 Å². The van der Waals surface area contributed by atoms with Crippen molar-refractivity contribution in [2.75, 3.05) is 11.1 Å². The summed E-state index contributed by atoms with van der Waals surface area (Å²) in [4.78, 5) is 51.1. The van der Waals surface area contributed by atoms with Gasteiger partial charge in [-0.15, -0.1) is 5.10 Å². The first kappa shape index (κ1) is 30.5. The second-order valence-corrected chi connectivity index (χ2v) is 11.4. The molecule has 2 N–H and O–H groups in total. The Hall–Kier alpha value is -4.06. The molecule has 0 spiro atoms. The molecule has 212 valence electrons. The van der Waals surface area contributed by atoms with Crippen LogP contribution < -0.4 is 10.6 Å². The van der Waals surface area contributed by atoms with Crippen LogP contribution in [-0.2, 0) is 43.3 Å². The molecule has 2 aromatic carbocycles. The van der Waals surface area contributed by atoms with Crippen molar-refractivity contribution >= 4 is 40.6 Å². The highest BCUT2D eigenvalue weighted by Crippen LogP contribution is 2.17. The number of carbonyl (C=O) groups is 4. The first-order valence-corrected chi connectivity index (χ1v) is 13.8. The summed E-state index contributed by atoms with van der Waals surface area (Å²) in [5, 5.41) is 17.0. The van der Waals surface area contributed by atoms with Crippen LogP contribution in [0.5, 0.6) is 0 Å². The van der Waals surface area contributed by atoms with Gasteiger partial charge in [-0.25, -0.2) is 4.79 Å². The Balaban J connectivity index is 1.63. The molecular formula is C28H34N6O5S. The summed E-state index contributed by atoms with van der Waals surface area (Å²) < 4.78 is 5.50. The van der Waals surface area contributed by atoms with Crippen LogP contribution in [0.1, 0.15) is 38.8 Å². The number of rotatable bonds is 12. The molecule has 40 heavy (non-hydrogen) atoms. The minimum atomic E-state index is -0.922. The number of ether oxygens (including phenoxy) is 1. The lowest BCUT2D eigenvalue weighted by Gasteiger charge is -2.24. The van der Waals surface area contributed by atoms with E-state index in [4.69, 9.17) is 4.74 Å². The number of carbonyl (C=O) groups excluding carboxylic acids is 4. The van der Waals surface area contributed by atoms with E-state index < -0.39 is 29.4 Å². The highest BCUT2D eigenvalue weighted by molar-refractivity contribution is 8.13. The van der Waals surface area contributed by atoms with Crippen molar-refractivity contribution in [2.24, 2.45) is 5.92 Å². The highest BCUT2D eigenvalue weighted by atomic mass is 32.2. The van der Waals surface area contributed by atoms with E-state index in [2.05, 4.69) is 26.0 Å². The van der Waals surface area contributed by atoms with Crippen molar-refractivity contribution in [1.82, 2.24) is 25.5 Å². The topological polar surface area (TPSA) is 145 Å². The number of tetrazole rings is 1. The lowest BCUT2D eigenvalue weighted by atomic mass is 10.0. The maximum Gasteiger partial charge on any atom is 0.329 e. The minimum absolute atomic E-state index is 0.0725. The first-order valence-electron chi connectivity index (χ1n) is 12.8. The first-order chi connectivity index (χ1) is 19.0. The Morgan fingerprint density at radius 2 is 1.55 bits per heavy atom. The summed E-state index contributed by atoms with van der Waals surface area (Å²) in [7, 11) is 0. The largest absolute Gasteiger partial charge is 0.458 e. The molecule has 0 fully saturated rings. The quantitative estimate of drug-likeness (QED) is 0.316. The number of anilines is 1. The van der Waals surface area contributed by atoms with Gasteiger partial charge in [0.05, 0.1) is 5.92 Å². The SMILES string of the molecule is CC(=O)SC[C@@H](Cc1ccccc1)C(=O)Nc1nnn(CC(=O)N[C@@H](Cc2ccccc2)C(=O)OC(C)(C)C)n1. The lowest BCUT2D eigenvalue weighted by molar-refractivity contribution is -0.158. The Bertz CT molecular complexity index is 1290. The summed E-state index contributed by atoms with van der Waals surface area (Å²) in [5.74, 6) is -1.75. The van der Waals surface area contributed by atoms with Gasteiger partial charge in [0, 0.05) is 19.1 Å². The summed E-state index contributed by atoms with van der Waals surface area (Å²) in [5.41, 5.74) is 1.09. The fraction of sp³-hybridized carbons (Fsp3) is 0.393. The van der Waals surface area contributed by atoms with E-state index in [0.717, 1.165) is 27.7 Å². The van der Waals surface area contributed by atoms with Gasteiger partial charge < -0.3 is 10.1 Å². The van der Waals surface area contributed by atoms with E-state index >= 15 is 0 Å². The number of nitrogens with zero attached hydrogens (tertiary/aromatic N) is 4. The zero-order valence-electron chi connectivity index (χ0n) is 23.0. The van der Waals surface area contributed by atoms with Gasteiger partial charge in [-0.1, -0.05) is 77.5 Å². The molecular weight excluding hydrogens is 532 g/mol. The summed E-state index contributed by atoms with van der Waals surface area (Å²) in [6.07, 6.45) is 0.672. The lowest BCUT2D eigenvalue weighted by Crippen LogP contribution is -2.46.